The molecule has 0 aliphatic heterocycles. The van der Waals surface area contributed by atoms with Gasteiger partial charge in [0.05, 0.1) is 18.7 Å². The highest BCUT2D eigenvalue weighted by atomic mass is 16.5. The summed E-state index contributed by atoms with van der Waals surface area (Å²) in [5.74, 6) is 0.460. The van der Waals surface area contributed by atoms with E-state index >= 15 is 0 Å². The minimum atomic E-state index is -0.143. The number of ether oxygens (including phenoxy) is 1. The van der Waals surface area contributed by atoms with Gasteiger partial charge in [0.1, 0.15) is 18.4 Å². The fourth-order valence-electron chi connectivity index (χ4n) is 2.48. The predicted molar refractivity (Wildman–Crippen MR) is 94.3 cm³/mol. The third-order valence-corrected chi connectivity index (χ3v) is 3.72. The molecular weight excluding hydrogens is 316 g/mol. The van der Waals surface area contributed by atoms with Gasteiger partial charge in [-0.05, 0) is 30.2 Å². The molecule has 6 nitrogen and oxygen atoms in total. The number of carbonyl (C=O) groups excluding carboxylic acids is 1. The Bertz CT molecular complexity index is 814. The Morgan fingerprint density at radius 2 is 1.88 bits per heavy atom. The maximum absolute atomic E-state index is 12.4. The van der Waals surface area contributed by atoms with Crippen molar-refractivity contribution in [2.24, 2.45) is 0 Å². The van der Waals surface area contributed by atoms with Crippen LogP contribution in [0.5, 0.6) is 5.75 Å². The van der Waals surface area contributed by atoms with Crippen LogP contribution in [-0.2, 0) is 13.1 Å². The van der Waals surface area contributed by atoms with Crippen LogP contribution in [0.1, 0.15) is 28.4 Å². The van der Waals surface area contributed by atoms with Crippen molar-refractivity contribution in [3.8, 4) is 5.75 Å². The van der Waals surface area contributed by atoms with E-state index in [0.717, 1.165) is 11.1 Å². The minimum Gasteiger partial charge on any atom is -0.493 e. The molecule has 0 saturated carbocycles. The predicted octanol–water partition coefficient (Wildman–Crippen LogP) is 2.66. The largest absolute Gasteiger partial charge is 0.493 e. The van der Waals surface area contributed by atoms with Gasteiger partial charge in [0.25, 0.3) is 5.91 Å². The second-order valence-corrected chi connectivity index (χ2v) is 5.52. The molecule has 0 bridgehead atoms. The Labute approximate surface area is 146 Å². The number of aromatic nitrogens is 3. The van der Waals surface area contributed by atoms with Crippen LogP contribution < -0.4 is 10.1 Å². The fourth-order valence-corrected chi connectivity index (χ4v) is 2.48. The molecular formula is C19H20N4O2. The van der Waals surface area contributed by atoms with Gasteiger partial charge in [0.2, 0.25) is 0 Å². The summed E-state index contributed by atoms with van der Waals surface area (Å²) in [6, 6.07) is 15.3. The SMILES string of the molecule is CCOc1ccccc1C(=O)NCc1ccc(Cn2cncn2)cc1. The Balaban J connectivity index is 1.59. The molecule has 128 valence electrons. The van der Waals surface area contributed by atoms with E-state index in [-0.39, 0.29) is 5.91 Å². The number of hydrogen-bond acceptors (Lipinski definition) is 4. The van der Waals surface area contributed by atoms with Gasteiger partial charge in [-0.25, -0.2) is 9.67 Å². The summed E-state index contributed by atoms with van der Waals surface area (Å²) in [5.41, 5.74) is 2.71. The number of hydrogen-bond donors (Lipinski definition) is 1. The Kier molecular flexibility index (Phi) is 5.41. The van der Waals surface area contributed by atoms with Crippen molar-refractivity contribution in [3.63, 3.8) is 0 Å². The molecule has 6 heteroatoms. The van der Waals surface area contributed by atoms with Crippen LogP contribution in [0.25, 0.3) is 0 Å². The summed E-state index contributed by atoms with van der Waals surface area (Å²) in [6.07, 6.45) is 3.20. The van der Waals surface area contributed by atoms with Crippen molar-refractivity contribution >= 4 is 5.91 Å². The molecule has 0 spiro atoms. The smallest absolute Gasteiger partial charge is 0.255 e. The lowest BCUT2D eigenvalue weighted by atomic mass is 10.1. The summed E-state index contributed by atoms with van der Waals surface area (Å²) in [7, 11) is 0. The summed E-state index contributed by atoms with van der Waals surface area (Å²) in [5, 5.41) is 7.02. The average Bonchev–Trinajstić information content (AvgIpc) is 3.15. The zero-order valence-electron chi connectivity index (χ0n) is 14.1. The number of nitrogens with zero attached hydrogens (tertiary/aromatic N) is 3. The molecule has 3 aromatic rings. The van der Waals surface area contributed by atoms with Gasteiger partial charge < -0.3 is 10.1 Å². The molecule has 0 aliphatic carbocycles. The molecule has 1 N–H and O–H groups in total. The molecule has 1 heterocycles. The third-order valence-electron chi connectivity index (χ3n) is 3.72. The minimum absolute atomic E-state index is 0.143. The molecule has 0 unspecified atom stereocenters. The van der Waals surface area contributed by atoms with Crippen LogP contribution in [0.3, 0.4) is 0 Å². The van der Waals surface area contributed by atoms with Crippen molar-refractivity contribution in [3.05, 3.63) is 77.9 Å². The van der Waals surface area contributed by atoms with Crippen LogP contribution in [0.2, 0.25) is 0 Å². The van der Waals surface area contributed by atoms with Crippen LogP contribution >= 0.6 is 0 Å². The molecule has 25 heavy (non-hydrogen) atoms. The normalized spacial score (nSPS) is 10.4. The van der Waals surface area contributed by atoms with Gasteiger partial charge >= 0.3 is 0 Å². The number of para-hydroxylation sites is 1. The summed E-state index contributed by atoms with van der Waals surface area (Å²) < 4.78 is 7.27. The molecule has 0 atom stereocenters. The maximum Gasteiger partial charge on any atom is 0.255 e. The first-order valence-corrected chi connectivity index (χ1v) is 8.16. The zero-order chi connectivity index (χ0) is 17.5. The van der Waals surface area contributed by atoms with Gasteiger partial charge in [0.15, 0.2) is 0 Å². The van der Waals surface area contributed by atoms with Gasteiger partial charge in [-0.15, -0.1) is 0 Å². The standard InChI is InChI=1S/C19H20N4O2/c1-2-25-18-6-4-3-5-17(18)19(24)21-11-15-7-9-16(10-8-15)12-23-14-20-13-22-23/h3-10,13-14H,2,11-12H2,1H3,(H,21,24). The molecule has 1 amide bonds. The highest BCUT2D eigenvalue weighted by molar-refractivity contribution is 5.96. The van der Waals surface area contributed by atoms with Crippen LogP contribution in [0, 0.1) is 0 Å². The molecule has 0 saturated heterocycles. The first-order valence-electron chi connectivity index (χ1n) is 8.16. The Morgan fingerprint density at radius 1 is 1.12 bits per heavy atom. The van der Waals surface area contributed by atoms with Crippen LogP contribution in [0.4, 0.5) is 0 Å². The Hall–Kier alpha value is -3.15. The van der Waals surface area contributed by atoms with Crippen molar-refractivity contribution in [2.75, 3.05) is 6.61 Å². The zero-order valence-corrected chi connectivity index (χ0v) is 14.1. The van der Waals surface area contributed by atoms with Gasteiger partial charge in [-0.3, -0.25) is 4.79 Å². The van der Waals surface area contributed by atoms with E-state index in [2.05, 4.69) is 15.4 Å². The highest BCUT2D eigenvalue weighted by Crippen LogP contribution is 2.17. The Morgan fingerprint density at radius 3 is 2.60 bits per heavy atom. The van der Waals surface area contributed by atoms with Crippen LogP contribution in [-0.4, -0.2) is 27.3 Å². The van der Waals surface area contributed by atoms with Crippen molar-refractivity contribution in [2.45, 2.75) is 20.0 Å². The van der Waals surface area contributed by atoms with Crippen molar-refractivity contribution in [1.82, 2.24) is 20.1 Å². The van der Waals surface area contributed by atoms with E-state index in [4.69, 9.17) is 4.74 Å². The quantitative estimate of drug-likeness (QED) is 0.720. The van der Waals surface area contributed by atoms with Crippen molar-refractivity contribution in [1.29, 1.82) is 0 Å². The second kappa shape index (κ2) is 8.10. The number of nitrogens with one attached hydrogen (secondary N) is 1. The topological polar surface area (TPSA) is 69.0 Å². The van der Waals surface area contributed by atoms with Crippen LogP contribution in [0.15, 0.2) is 61.2 Å². The second-order valence-electron chi connectivity index (χ2n) is 5.52. The first kappa shape index (κ1) is 16.7. The van der Waals surface area contributed by atoms with E-state index in [9.17, 15) is 4.79 Å². The maximum atomic E-state index is 12.4. The third kappa shape index (κ3) is 4.44. The molecule has 3 rings (SSSR count). The highest BCUT2D eigenvalue weighted by Gasteiger charge is 2.11. The van der Waals surface area contributed by atoms with E-state index < -0.39 is 0 Å². The molecule has 1 aromatic heterocycles. The lowest BCUT2D eigenvalue weighted by molar-refractivity contribution is 0.0947. The number of carbonyl (C=O) groups is 1. The fraction of sp³-hybridized carbons (Fsp3) is 0.211. The van der Waals surface area contributed by atoms with Gasteiger partial charge in [-0.2, -0.15) is 5.10 Å². The van der Waals surface area contributed by atoms with Gasteiger partial charge in [-0.1, -0.05) is 36.4 Å². The number of amides is 1. The number of rotatable bonds is 7. The van der Waals surface area contributed by atoms with E-state index in [0.29, 0.717) is 31.0 Å². The van der Waals surface area contributed by atoms with Gasteiger partial charge in [0, 0.05) is 6.54 Å². The lowest BCUT2D eigenvalue weighted by Crippen LogP contribution is -2.23. The summed E-state index contributed by atoms with van der Waals surface area (Å²) >= 11 is 0. The summed E-state index contributed by atoms with van der Waals surface area (Å²) in [6.45, 7) is 3.56. The molecule has 0 fully saturated rings. The molecule has 0 aliphatic rings. The molecule has 2 aromatic carbocycles. The van der Waals surface area contributed by atoms with E-state index in [1.54, 1.807) is 23.1 Å². The molecule has 0 radical (unpaired) electrons. The summed E-state index contributed by atoms with van der Waals surface area (Å²) in [4.78, 5) is 16.3. The van der Waals surface area contributed by atoms with Crippen molar-refractivity contribution < 1.29 is 9.53 Å². The monoisotopic (exact) mass is 336 g/mol. The lowest BCUT2D eigenvalue weighted by Gasteiger charge is -2.11. The average molecular weight is 336 g/mol. The first-order chi connectivity index (χ1) is 12.3. The number of benzene rings is 2. The van der Waals surface area contributed by atoms with E-state index in [1.165, 1.54) is 6.33 Å². The van der Waals surface area contributed by atoms with E-state index in [1.807, 2.05) is 43.3 Å².